The number of hydrogen-bond donors (Lipinski definition) is 0. The fourth-order valence-corrected chi connectivity index (χ4v) is 0.827. The van der Waals surface area contributed by atoms with E-state index in [1.807, 2.05) is 27.7 Å². The molecule has 0 unspecified atom stereocenters. The van der Waals surface area contributed by atoms with Gasteiger partial charge in [0.2, 0.25) is 0 Å². The topological polar surface area (TPSA) is 27.7 Å². The summed E-state index contributed by atoms with van der Waals surface area (Å²) in [7, 11) is 0. The van der Waals surface area contributed by atoms with Crippen LogP contribution in [0.4, 0.5) is 0 Å². The summed E-state index contributed by atoms with van der Waals surface area (Å²) in [5.41, 5.74) is 2.85. The first kappa shape index (κ1) is 14.6. The monoisotopic (exact) mass is 216 g/mol. The van der Waals surface area contributed by atoms with Gasteiger partial charge in [-0.2, -0.15) is 9.78 Å². The lowest BCUT2D eigenvalue weighted by molar-refractivity contribution is -0.337. The van der Waals surface area contributed by atoms with Crippen LogP contribution in [0.5, 0.6) is 0 Å². The van der Waals surface area contributed by atoms with Crippen LogP contribution in [0, 0.1) is 0 Å². The van der Waals surface area contributed by atoms with Crippen LogP contribution < -0.4 is 0 Å². The summed E-state index contributed by atoms with van der Waals surface area (Å²) < 4.78 is 5.29. The molecule has 1 aliphatic heterocycles. The van der Waals surface area contributed by atoms with Gasteiger partial charge in [0, 0.05) is 0 Å². The Morgan fingerprint density at radius 2 is 0.933 bits per heavy atom. The van der Waals surface area contributed by atoms with E-state index in [1.165, 1.54) is 11.1 Å². The molecule has 0 radical (unpaired) electrons. The van der Waals surface area contributed by atoms with Gasteiger partial charge in [-0.1, -0.05) is 11.1 Å². The van der Waals surface area contributed by atoms with Crippen molar-refractivity contribution in [2.45, 2.75) is 67.0 Å². The zero-order valence-corrected chi connectivity index (χ0v) is 11.2. The highest BCUT2D eigenvalue weighted by atomic mass is 17.3. The molecule has 1 aliphatic rings. The second-order valence-corrected chi connectivity index (χ2v) is 5.07. The maximum absolute atomic E-state index is 5.29. The Labute approximate surface area is 93.3 Å². The Hall–Kier alpha value is -0.380. The van der Waals surface area contributed by atoms with E-state index >= 15 is 0 Å². The van der Waals surface area contributed by atoms with E-state index < -0.39 is 11.6 Å². The fraction of sp³-hybridized carbons (Fsp3) is 0.833. The van der Waals surface area contributed by atoms with Gasteiger partial charge in [-0.15, -0.1) is 0 Å². The Bertz CT molecular complexity index is 207. The second kappa shape index (κ2) is 5.10. The molecule has 3 heteroatoms. The van der Waals surface area contributed by atoms with Gasteiger partial charge in [-0.25, -0.2) is 0 Å². The molecule has 1 saturated heterocycles. The summed E-state index contributed by atoms with van der Waals surface area (Å²) in [6, 6.07) is 0. The minimum absolute atomic E-state index is 0.594. The summed E-state index contributed by atoms with van der Waals surface area (Å²) in [6.45, 7) is 15.7. The van der Waals surface area contributed by atoms with Crippen molar-refractivity contribution in [1.82, 2.24) is 0 Å². The third-order valence-corrected chi connectivity index (χ3v) is 1.93. The Balaban J connectivity index is 0.000000288. The van der Waals surface area contributed by atoms with Gasteiger partial charge in [0.1, 0.15) is 0 Å². The van der Waals surface area contributed by atoms with Gasteiger partial charge < -0.3 is 4.74 Å². The van der Waals surface area contributed by atoms with Gasteiger partial charge in [0.15, 0.2) is 11.6 Å². The van der Waals surface area contributed by atoms with Gasteiger partial charge in [0.25, 0.3) is 0 Å². The predicted octanol–water partition coefficient (Wildman–Crippen LogP) is 3.80. The summed E-state index contributed by atoms with van der Waals surface area (Å²) in [5, 5.41) is 0. The Morgan fingerprint density at radius 3 is 1.00 bits per heavy atom. The van der Waals surface area contributed by atoms with Crippen molar-refractivity contribution < 1.29 is 14.5 Å². The van der Waals surface area contributed by atoms with Crippen molar-refractivity contribution in [2.24, 2.45) is 0 Å². The van der Waals surface area contributed by atoms with Gasteiger partial charge >= 0.3 is 0 Å². The molecule has 0 spiro atoms. The number of rotatable bonds is 0. The fourth-order valence-electron chi connectivity index (χ4n) is 0.827. The molecular weight excluding hydrogens is 192 g/mol. The maximum Gasteiger partial charge on any atom is 0.199 e. The van der Waals surface area contributed by atoms with Crippen LogP contribution in [0.15, 0.2) is 11.1 Å². The standard InChI is InChI=1S/C6H12O3.C6H12/c1-5(2)7-6(3,4)9-8-5;1-5(2)6(3)4/h1-4H3;1-4H3. The highest BCUT2D eigenvalue weighted by Crippen LogP contribution is 2.30. The van der Waals surface area contributed by atoms with E-state index in [2.05, 4.69) is 27.7 Å². The van der Waals surface area contributed by atoms with Gasteiger partial charge in [-0.3, -0.25) is 0 Å². The lowest BCUT2D eigenvalue weighted by Crippen LogP contribution is -2.26. The molecule has 0 aliphatic carbocycles. The average Bonchev–Trinajstić information content (AvgIpc) is 2.24. The van der Waals surface area contributed by atoms with Gasteiger partial charge in [-0.05, 0) is 55.4 Å². The van der Waals surface area contributed by atoms with Gasteiger partial charge in [0.05, 0.1) is 0 Å². The van der Waals surface area contributed by atoms with Crippen molar-refractivity contribution in [1.29, 1.82) is 0 Å². The van der Waals surface area contributed by atoms with E-state index in [4.69, 9.17) is 14.5 Å². The Kier molecular flexibility index (Phi) is 4.97. The molecule has 1 heterocycles. The van der Waals surface area contributed by atoms with Crippen LogP contribution in [-0.4, -0.2) is 11.6 Å². The summed E-state index contributed by atoms with van der Waals surface area (Å²) >= 11 is 0. The van der Waals surface area contributed by atoms with Crippen LogP contribution in [0.25, 0.3) is 0 Å². The normalized spacial score (nSPS) is 21.6. The van der Waals surface area contributed by atoms with Crippen molar-refractivity contribution in [3.8, 4) is 0 Å². The number of hydrogen-bond acceptors (Lipinski definition) is 3. The first-order chi connectivity index (χ1) is 6.56. The highest BCUT2D eigenvalue weighted by molar-refractivity contribution is 5.02. The molecule has 90 valence electrons. The zero-order chi connectivity index (χ0) is 12.3. The highest BCUT2D eigenvalue weighted by Gasteiger charge is 2.40. The first-order valence-corrected chi connectivity index (χ1v) is 5.23. The van der Waals surface area contributed by atoms with E-state index in [9.17, 15) is 0 Å². The first-order valence-electron chi connectivity index (χ1n) is 5.23. The molecule has 0 N–H and O–H groups in total. The molecule has 0 bridgehead atoms. The van der Waals surface area contributed by atoms with Crippen molar-refractivity contribution in [2.75, 3.05) is 0 Å². The lowest BCUT2D eigenvalue weighted by atomic mass is 10.2. The second-order valence-electron chi connectivity index (χ2n) is 5.07. The molecule has 0 aromatic rings. The molecule has 0 atom stereocenters. The molecular formula is C12H24O3. The van der Waals surface area contributed by atoms with Crippen LogP contribution >= 0.6 is 0 Å². The number of ether oxygens (including phenoxy) is 1. The Morgan fingerprint density at radius 1 is 0.667 bits per heavy atom. The smallest absolute Gasteiger partial charge is 0.199 e. The zero-order valence-electron chi connectivity index (χ0n) is 11.2. The summed E-state index contributed by atoms with van der Waals surface area (Å²) in [6.07, 6.45) is 0. The van der Waals surface area contributed by atoms with E-state index in [-0.39, 0.29) is 0 Å². The molecule has 0 saturated carbocycles. The van der Waals surface area contributed by atoms with Crippen LogP contribution in [0.3, 0.4) is 0 Å². The van der Waals surface area contributed by atoms with Crippen LogP contribution in [-0.2, 0) is 14.5 Å². The predicted molar refractivity (Wildman–Crippen MR) is 61.1 cm³/mol. The van der Waals surface area contributed by atoms with E-state index in [1.54, 1.807) is 0 Å². The quantitative estimate of drug-likeness (QED) is 0.455. The van der Waals surface area contributed by atoms with E-state index in [0.29, 0.717) is 0 Å². The lowest BCUT2D eigenvalue weighted by Gasteiger charge is -2.15. The van der Waals surface area contributed by atoms with Crippen LogP contribution in [0.2, 0.25) is 0 Å². The summed E-state index contributed by atoms with van der Waals surface area (Å²) in [5.74, 6) is -1.19. The maximum atomic E-state index is 5.29. The SMILES string of the molecule is CC(C)=C(C)C.CC1(C)OOC(C)(C)O1. The largest absolute Gasteiger partial charge is 0.314 e. The molecule has 15 heavy (non-hydrogen) atoms. The molecule has 1 fully saturated rings. The molecule has 1 rings (SSSR count). The minimum Gasteiger partial charge on any atom is -0.314 e. The van der Waals surface area contributed by atoms with Crippen molar-refractivity contribution in [3.05, 3.63) is 11.1 Å². The molecule has 0 aromatic heterocycles. The third-order valence-electron chi connectivity index (χ3n) is 1.93. The van der Waals surface area contributed by atoms with Crippen molar-refractivity contribution >= 4 is 0 Å². The third kappa shape index (κ3) is 6.66. The number of allylic oxidation sites excluding steroid dienone is 2. The van der Waals surface area contributed by atoms with Crippen molar-refractivity contribution in [3.63, 3.8) is 0 Å². The van der Waals surface area contributed by atoms with Crippen LogP contribution in [0.1, 0.15) is 55.4 Å². The molecule has 0 amide bonds. The molecule has 3 nitrogen and oxygen atoms in total. The average molecular weight is 216 g/mol. The van der Waals surface area contributed by atoms with E-state index in [0.717, 1.165) is 0 Å². The minimum atomic E-state index is -0.594. The summed E-state index contributed by atoms with van der Waals surface area (Å²) in [4.78, 5) is 9.67. The molecule has 0 aromatic carbocycles.